The fraction of sp³-hybridized carbons (Fsp3) is 0.691. The fourth-order valence-electron chi connectivity index (χ4n) is 9.88. The first kappa shape index (κ1) is 64.7. The second kappa shape index (κ2) is 31.7. The molecule has 0 spiro atoms. The minimum Gasteiger partial charge on any atom is -0.444 e. The highest BCUT2D eigenvalue weighted by Crippen LogP contribution is 2.40. The van der Waals surface area contributed by atoms with Gasteiger partial charge in [-0.15, -0.1) is 0 Å². The number of ether oxygens (including phenoxy) is 4. The van der Waals surface area contributed by atoms with Crippen molar-refractivity contribution < 1.29 is 23.7 Å². The Morgan fingerprint density at radius 3 is 1.51 bits per heavy atom. The number of pyridine rings is 3. The van der Waals surface area contributed by atoms with Crippen molar-refractivity contribution in [3.05, 3.63) is 55.4 Å². The first-order valence-corrected chi connectivity index (χ1v) is 29.2. The highest BCUT2D eigenvalue weighted by atomic mass is 35.5. The summed E-state index contributed by atoms with van der Waals surface area (Å²) in [5.74, 6) is 4.44. The smallest absolute Gasteiger partial charge is 0.412 e. The zero-order valence-electron chi connectivity index (χ0n) is 46.3. The summed E-state index contributed by atoms with van der Waals surface area (Å²) in [6, 6.07) is 5.93. The number of fused-ring (bicyclic) bond motifs is 1. The third kappa shape index (κ3) is 21.4. The summed E-state index contributed by atoms with van der Waals surface area (Å²) in [5.41, 5.74) is 9.40. The van der Waals surface area contributed by atoms with Crippen molar-refractivity contribution >= 4 is 109 Å². The summed E-state index contributed by atoms with van der Waals surface area (Å²) in [5, 5.41) is 11.5. The van der Waals surface area contributed by atoms with Crippen LogP contribution >= 0.6 is 69.6 Å². The van der Waals surface area contributed by atoms with Crippen molar-refractivity contribution in [3.63, 3.8) is 0 Å². The zero-order chi connectivity index (χ0) is 55.6. The Morgan fingerprint density at radius 1 is 0.640 bits per heavy atom. The molecule has 4 heterocycles. The number of anilines is 4. The minimum absolute atomic E-state index is 0.210. The average molecular weight is 1170 g/mol. The Kier molecular flexibility index (Phi) is 27.4. The maximum absolute atomic E-state index is 12.2. The molecule has 1 amide bonds. The van der Waals surface area contributed by atoms with Gasteiger partial charge in [0.15, 0.2) is 15.5 Å². The van der Waals surface area contributed by atoms with Crippen LogP contribution < -0.4 is 21.7 Å². The molecular weight excluding hydrogens is 1080 g/mol. The van der Waals surface area contributed by atoms with Gasteiger partial charge in [0.25, 0.3) is 6.48 Å². The van der Waals surface area contributed by atoms with E-state index in [0.29, 0.717) is 93.0 Å². The highest BCUT2D eigenvalue weighted by molar-refractivity contribution is 6.36. The number of rotatable bonds is 15. The lowest BCUT2D eigenvalue weighted by atomic mass is 9.79. The quantitative estimate of drug-likeness (QED) is 0.0657. The summed E-state index contributed by atoms with van der Waals surface area (Å²) >= 11 is 36.4. The van der Waals surface area contributed by atoms with Crippen molar-refractivity contribution in [3.8, 4) is 0 Å². The number of carbonyl (C=O) groups excluding carboxylic acids is 1. The van der Waals surface area contributed by atoms with Gasteiger partial charge in [-0.05, 0) is 136 Å². The van der Waals surface area contributed by atoms with Crippen LogP contribution in [0.3, 0.4) is 0 Å². The molecule has 422 valence electrons. The fourth-order valence-corrected chi connectivity index (χ4v) is 11.4. The molecule has 75 heavy (non-hydrogen) atoms. The standard InChI is InChI=1S/C19H29Cl2N3O2.C15H19Cl2N3.C14H21Cl2N3.C7H16O3/c1-11-6-8-13(9-7-11)12(2)22-16-14(10-15(20)24-17(16)21)23-18(25)26-19(3,4)5;1-9-3-5-11(6-4-9)10(2)20-8-18-12-7-13(16)19-15(17)14(12)20;1-8-3-5-10(6-4-8)9(2)18-13-11(17)7-12(15)19-14(13)16;1-4-8-7(9-5-2)10-6-3/h10-13,22H,6-9H2,1-5H3,(H,23,24,25);7-11H,3-6H2,1-2H3;7-10,18H,3-6H2,1-2H3,(H2,17,19);7H,4-6H2,1-3H3. The van der Waals surface area contributed by atoms with Crippen molar-refractivity contribution in [2.45, 2.75) is 190 Å². The number of nitrogens with two attached hydrogens (primary N) is 1. The number of halogens is 6. The van der Waals surface area contributed by atoms with E-state index in [1.165, 1.54) is 77.0 Å². The number of hydrogen-bond acceptors (Lipinski definition) is 12. The summed E-state index contributed by atoms with van der Waals surface area (Å²) in [6.07, 6.45) is 16.5. The van der Waals surface area contributed by atoms with Crippen LogP contribution in [0.5, 0.6) is 0 Å². The SMILES string of the molecule is CC1CCC(C(C)Nc2c(N)cc(Cl)nc2Cl)CC1.CC1CCC(C(C)Nc2c(NC(=O)OC(C)(C)C)cc(Cl)nc2Cl)CC1.CC1CCC(C(C)n2cnc3cc(Cl)nc(Cl)c32)CC1.CCOC(OCC)OCC. The number of carbonyl (C=O) groups is 1. The molecule has 7 rings (SSSR count). The Morgan fingerprint density at radius 2 is 1.05 bits per heavy atom. The van der Waals surface area contributed by atoms with Gasteiger partial charge in [0.05, 0.1) is 34.6 Å². The van der Waals surface area contributed by atoms with E-state index in [1.807, 2.05) is 47.9 Å². The maximum atomic E-state index is 12.2. The van der Waals surface area contributed by atoms with Crippen LogP contribution in [-0.2, 0) is 18.9 Å². The third-order valence-electron chi connectivity index (χ3n) is 14.4. The van der Waals surface area contributed by atoms with Crippen molar-refractivity contribution in [1.82, 2.24) is 24.5 Å². The number of nitrogens with zero attached hydrogens (tertiary/aromatic N) is 5. The molecule has 3 unspecified atom stereocenters. The first-order valence-electron chi connectivity index (χ1n) is 27.0. The van der Waals surface area contributed by atoms with Gasteiger partial charge in [-0.1, -0.05) is 129 Å². The van der Waals surface area contributed by atoms with Crippen LogP contribution in [-0.4, -0.2) is 74.6 Å². The van der Waals surface area contributed by atoms with E-state index in [0.717, 1.165) is 28.8 Å². The van der Waals surface area contributed by atoms with Crippen LogP contribution in [0.4, 0.5) is 27.5 Å². The molecule has 3 fully saturated rings. The summed E-state index contributed by atoms with van der Waals surface area (Å²) in [4.78, 5) is 28.9. The van der Waals surface area contributed by atoms with Gasteiger partial charge in [-0.25, -0.2) is 24.7 Å². The number of imidazole rings is 1. The van der Waals surface area contributed by atoms with Gasteiger partial charge in [0.2, 0.25) is 0 Å². The molecule has 3 aliphatic carbocycles. The predicted octanol–water partition coefficient (Wildman–Crippen LogP) is 17.5. The molecule has 14 nitrogen and oxygen atoms in total. The molecule has 4 aromatic heterocycles. The number of hydrogen-bond donors (Lipinski definition) is 4. The Balaban J connectivity index is 0.000000226. The molecule has 3 saturated carbocycles. The van der Waals surface area contributed by atoms with E-state index in [4.69, 9.17) is 94.3 Å². The first-order chi connectivity index (χ1) is 35.4. The van der Waals surface area contributed by atoms with Crippen LogP contribution in [0.25, 0.3) is 11.0 Å². The van der Waals surface area contributed by atoms with Crippen molar-refractivity contribution in [2.75, 3.05) is 41.5 Å². The lowest BCUT2D eigenvalue weighted by molar-refractivity contribution is -0.282. The number of amides is 1. The molecule has 20 heteroatoms. The lowest BCUT2D eigenvalue weighted by Gasteiger charge is -2.32. The minimum atomic E-state index is -0.593. The zero-order valence-corrected chi connectivity index (χ0v) is 50.8. The normalized spacial score (nSPS) is 22.0. The average Bonchev–Trinajstić information content (AvgIpc) is 3.76. The van der Waals surface area contributed by atoms with Gasteiger partial charge < -0.3 is 39.9 Å². The molecule has 3 aliphatic rings. The molecule has 3 atom stereocenters. The third-order valence-corrected chi connectivity index (χ3v) is 15.8. The predicted molar refractivity (Wildman–Crippen MR) is 313 cm³/mol. The van der Waals surface area contributed by atoms with Gasteiger partial charge in [0.1, 0.15) is 26.6 Å². The molecule has 0 bridgehead atoms. The monoisotopic (exact) mass is 1160 g/mol. The summed E-state index contributed by atoms with van der Waals surface area (Å²) in [7, 11) is 0. The Bertz CT molecular complexity index is 2310. The highest BCUT2D eigenvalue weighted by Gasteiger charge is 2.29. The van der Waals surface area contributed by atoms with Crippen LogP contribution in [0.1, 0.15) is 166 Å². The number of aromatic nitrogens is 5. The molecule has 0 aliphatic heterocycles. The second-order valence-electron chi connectivity index (χ2n) is 21.6. The summed E-state index contributed by atoms with van der Waals surface area (Å²) < 4.78 is 22.7. The molecule has 0 radical (unpaired) electrons. The van der Waals surface area contributed by atoms with Gasteiger partial charge in [0, 0.05) is 56.1 Å². The van der Waals surface area contributed by atoms with E-state index < -0.39 is 18.2 Å². The van der Waals surface area contributed by atoms with Crippen molar-refractivity contribution in [2.24, 2.45) is 35.5 Å². The molecule has 5 N–H and O–H groups in total. The maximum Gasteiger partial charge on any atom is 0.412 e. The Hall–Kier alpha value is -2.79. The van der Waals surface area contributed by atoms with E-state index in [2.05, 4.69) is 82.0 Å². The largest absolute Gasteiger partial charge is 0.444 e. The molecule has 4 aromatic rings. The van der Waals surface area contributed by atoms with Crippen molar-refractivity contribution in [1.29, 1.82) is 0 Å². The molecule has 0 aromatic carbocycles. The van der Waals surface area contributed by atoms with Crippen LogP contribution in [0, 0.1) is 35.5 Å². The molecular formula is C55H85Cl6N9O5. The second-order valence-corrected chi connectivity index (χ2v) is 23.8. The summed E-state index contributed by atoms with van der Waals surface area (Å²) in [6.45, 7) is 26.1. The van der Waals surface area contributed by atoms with Gasteiger partial charge in [-0.2, -0.15) is 0 Å². The Labute approximate surface area is 477 Å². The van der Waals surface area contributed by atoms with E-state index in [9.17, 15) is 4.79 Å². The van der Waals surface area contributed by atoms with Gasteiger partial charge in [-0.3, -0.25) is 5.32 Å². The van der Waals surface area contributed by atoms with E-state index >= 15 is 0 Å². The van der Waals surface area contributed by atoms with Crippen LogP contribution in [0.15, 0.2) is 24.5 Å². The number of nitrogen functional groups attached to an aromatic ring is 1. The van der Waals surface area contributed by atoms with Crippen LogP contribution in [0.2, 0.25) is 30.9 Å². The van der Waals surface area contributed by atoms with E-state index in [1.54, 1.807) is 18.2 Å². The molecule has 0 saturated heterocycles. The topological polar surface area (TPSA) is 173 Å². The number of nitrogens with one attached hydrogen (secondary N) is 3. The lowest BCUT2D eigenvalue weighted by Crippen LogP contribution is -2.31. The van der Waals surface area contributed by atoms with Gasteiger partial charge >= 0.3 is 6.09 Å². The van der Waals surface area contributed by atoms with E-state index in [-0.39, 0.29) is 16.3 Å².